The number of oxime groups is 1. The normalized spacial score (nSPS) is 13.0. The Kier molecular flexibility index (Phi) is 6.82. The van der Waals surface area contributed by atoms with Crippen LogP contribution in [-0.4, -0.2) is 38.5 Å². The number of aliphatic hydroxyl groups is 1. The molecular weight excluding hydrogens is 484 g/mol. The number of para-hydroxylation sites is 1. The number of aliphatic hydroxyl groups excluding tert-OH is 1. The Morgan fingerprint density at radius 2 is 1.32 bits per heavy atom. The van der Waals surface area contributed by atoms with Crippen LogP contribution in [0.3, 0.4) is 0 Å². The minimum Gasteiger partial charge on any atom is -0.392 e. The van der Waals surface area contributed by atoms with Gasteiger partial charge in [-0.1, -0.05) is 89.6 Å². The van der Waals surface area contributed by atoms with Gasteiger partial charge in [-0.15, -0.1) is 0 Å². The van der Waals surface area contributed by atoms with E-state index in [-0.39, 0.29) is 18.0 Å². The van der Waals surface area contributed by atoms with E-state index in [1.165, 1.54) is 4.31 Å². The molecule has 0 unspecified atom stereocenters. The third-order valence-corrected chi connectivity index (χ3v) is 8.24. The number of sulfonamides is 1. The van der Waals surface area contributed by atoms with Crippen LogP contribution in [0.1, 0.15) is 22.3 Å². The maximum absolute atomic E-state index is 13.6. The van der Waals surface area contributed by atoms with Gasteiger partial charge >= 0.3 is 0 Å². The Morgan fingerprint density at radius 3 is 1.92 bits per heavy atom. The molecule has 0 heterocycles. The van der Waals surface area contributed by atoms with Gasteiger partial charge < -0.3 is 9.94 Å². The van der Waals surface area contributed by atoms with Crippen molar-refractivity contribution in [2.45, 2.75) is 24.8 Å². The highest BCUT2D eigenvalue weighted by molar-refractivity contribution is 7.92. The molecule has 0 saturated heterocycles. The van der Waals surface area contributed by atoms with Crippen molar-refractivity contribution in [1.29, 1.82) is 0 Å². The molecule has 0 aliphatic heterocycles. The van der Waals surface area contributed by atoms with Gasteiger partial charge in [0.1, 0.15) is 18.4 Å². The average molecular weight is 513 g/mol. The van der Waals surface area contributed by atoms with Crippen molar-refractivity contribution < 1.29 is 18.4 Å². The highest BCUT2D eigenvalue weighted by atomic mass is 32.2. The summed E-state index contributed by atoms with van der Waals surface area (Å²) in [6.07, 6.45) is -1.11. The molecule has 0 amide bonds. The van der Waals surface area contributed by atoms with Crippen LogP contribution >= 0.6 is 0 Å². The van der Waals surface area contributed by atoms with Gasteiger partial charge in [0, 0.05) is 11.1 Å². The molecular formula is C30H28N2O4S. The molecule has 0 bridgehead atoms. The molecule has 0 saturated carbocycles. The Morgan fingerprint density at radius 1 is 0.784 bits per heavy atom. The standard InChI is InChI=1S/C30H28N2O4S/c1-21-15-17-24(18-16-21)37(34,35)32(29-14-8-3-9-22(29)2)19-23(33)20-36-31-30-27-12-6-4-10-25(27)26-11-5-7-13-28(26)30/h3-18,23,33H,19-20H2,1-2H3/t23-/m0/s1. The van der Waals surface area contributed by atoms with Crippen molar-refractivity contribution in [1.82, 2.24) is 0 Å². The van der Waals surface area contributed by atoms with Crippen LogP contribution in [0.5, 0.6) is 0 Å². The summed E-state index contributed by atoms with van der Waals surface area (Å²) < 4.78 is 28.5. The van der Waals surface area contributed by atoms with Gasteiger partial charge in [-0.25, -0.2) is 8.42 Å². The molecule has 4 aromatic carbocycles. The van der Waals surface area contributed by atoms with E-state index in [2.05, 4.69) is 5.16 Å². The zero-order valence-corrected chi connectivity index (χ0v) is 21.5. The van der Waals surface area contributed by atoms with Crippen molar-refractivity contribution >= 4 is 21.4 Å². The van der Waals surface area contributed by atoms with E-state index in [1.807, 2.05) is 74.5 Å². The highest BCUT2D eigenvalue weighted by Gasteiger charge is 2.29. The lowest BCUT2D eigenvalue weighted by molar-refractivity contribution is 0.0456. The topological polar surface area (TPSA) is 79.2 Å². The van der Waals surface area contributed by atoms with Crippen LogP contribution in [0.25, 0.3) is 11.1 Å². The van der Waals surface area contributed by atoms with Gasteiger partial charge in [-0.2, -0.15) is 0 Å². The van der Waals surface area contributed by atoms with Crippen molar-refractivity contribution in [2.75, 3.05) is 17.5 Å². The lowest BCUT2D eigenvalue weighted by Gasteiger charge is -2.28. The summed E-state index contributed by atoms with van der Waals surface area (Å²) in [5.41, 5.74) is 7.03. The van der Waals surface area contributed by atoms with Crippen LogP contribution < -0.4 is 4.31 Å². The molecule has 0 aromatic heterocycles. The first-order chi connectivity index (χ1) is 17.9. The van der Waals surface area contributed by atoms with Gasteiger partial charge in [0.2, 0.25) is 0 Å². The molecule has 188 valence electrons. The summed E-state index contributed by atoms with van der Waals surface area (Å²) in [4.78, 5) is 5.77. The molecule has 1 aliphatic carbocycles. The number of anilines is 1. The molecule has 0 fully saturated rings. The second kappa shape index (κ2) is 10.2. The van der Waals surface area contributed by atoms with Gasteiger partial charge in [-0.3, -0.25) is 4.31 Å². The molecule has 0 radical (unpaired) electrons. The van der Waals surface area contributed by atoms with Crippen molar-refractivity contribution in [3.05, 3.63) is 119 Å². The number of aryl methyl sites for hydroxylation is 2. The third-order valence-electron chi connectivity index (χ3n) is 6.45. The molecule has 1 atom stereocenters. The number of benzene rings is 4. The van der Waals surface area contributed by atoms with Gasteiger partial charge in [-0.05, 0) is 48.7 Å². The molecule has 4 aromatic rings. The molecule has 5 rings (SSSR count). The van der Waals surface area contributed by atoms with Gasteiger partial charge in [0.05, 0.1) is 17.1 Å². The third kappa shape index (κ3) is 4.88. The largest absolute Gasteiger partial charge is 0.392 e. The van der Waals surface area contributed by atoms with E-state index in [9.17, 15) is 13.5 Å². The highest BCUT2D eigenvalue weighted by Crippen LogP contribution is 2.36. The molecule has 0 spiro atoms. The second-order valence-electron chi connectivity index (χ2n) is 9.12. The molecule has 7 heteroatoms. The van der Waals surface area contributed by atoms with E-state index in [4.69, 9.17) is 4.84 Å². The molecule has 6 nitrogen and oxygen atoms in total. The fourth-order valence-corrected chi connectivity index (χ4v) is 6.10. The quantitative estimate of drug-likeness (QED) is 0.286. The predicted molar refractivity (Wildman–Crippen MR) is 146 cm³/mol. The van der Waals surface area contributed by atoms with Crippen LogP contribution in [-0.2, 0) is 14.9 Å². The predicted octanol–water partition coefficient (Wildman–Crippen LogP) is 5.31. The smallest absolute Gasteiger partial charge is 0.264 e. The maximum atomic E-state index is 13.6. The molecule has 1 N–H and O–H groups in total. The minimum absolute atomic E-state index is 0.161. The van der Waals surface area contributed by atoms with E-state index >= 15 is 0 Å². The van der Waals surface area contributed by atoms with Gasteiger partial charge in [0.25, 0.3) is 10.0 Å². The number of hydrogen-bond acceptors (Lipinski definition) is 5. The minimum atomic E-state index is -3.93. The van der Waals surface area contributed by atoms with Crippen LogP contribution in [0.2, 0.25) is 0 Å². The average Bonchev–Trinajstić information content (AvgIpc) is 3.22. The monoisotopic (exact) mass is 512 g/mol. The zero-order chi connectivity index (χ0) is 26.0. The van der Waals surface area contributed by atoms with E-state index in [1.54, 1.807) is 36.4 Å². The van der Waals surface area contributed by atoms with Gasteiger partial charge in [0.15, 0.2) is 0 Å². The number of fused-ring (bicyclic) bond motifs is 3. The maximum Gasteiger partial charge on any atom is 0.264 e. The fraction of sp³-hybridized carbons (Fsp3) is 0.167. The van der Waals surface area contributed by atoms with E-state index in [0.29, 0.717) is 11.4 Å². The lowest BCUT2D eigenvalue weighted by atomic mass is 10.1. The summed E-state index contributed by atoms with van der Waals surface area (Å²) in [5, 5.41) is 15.3. The van der Waals surface area contributed by atoms with Crippen LogP contribution in [0.15, 0.2) is 107 Å². The summed E-state index contributed by atoms with van der Waals surface area (Å²) in [6, 6.07) is 29.8. The van der Waals surface area contributed by atoms with Crippen LogP contribution in [0, 0.1) is 13.8 Å². The van der Waals surface area contributed by atoms with Crippen molar-refractivity contribution in [2.24, 2.45) is 5.16 Å². The second-order valence-corrected chi connectivity index (χ2v) is 11.0. The van der Waals surface area contributed by atoms with E-state index in [0.717, 1.165) is 33.4 Å². The first-order valence-electron chi connectivity index (χ1n) is 12.1. The number of nitrogens with zero attached hydrogens (tertiary/aromatic N) is 2. The van der Waals surface area contributed by atoms with E-state index < -0.39 is 16.1 Å². The molecule has 1 aliphatic rings. The summed E-state index contributed by atoms with van der Waals surface area (Å²) in [6.45, 7) is 3.40. The first kappa shape index (κ1) is 24.7. The van der Waals surface area contributed by atoms with Crippen LogP contribution in [0.4, 0.5) is 5.69 Å². The first-order valence-corrected chi connectivity index (χ1v) is 13.5. The van der Waals surface area contributed by atoms with Crippen molar-refractivity contribution in [3.8, 4) is 11.1 Å². The number of hydrogen-bond donors (Lipinski definition) is 1. The lowest BCUT2D eigenvalue weighted by Crippen LogP contribution is -2.39. The SMILES string of the molecule is Cc1ccc(S(=O)(=O)N(C[C@H](O)CON=C2c3ccccc3-c3ccccc32)c2ccccc2C)cc1. The number of rotatable bonds is 8. The fourth-order valence-electron chi connectivity index (χ4n) is 4.53. The Balaban J connectivity index is 1.39. The zero-order valence-electron chi connectivity index (χ0n) is 20.7. The Labute approximate surface area is 217 Å². The van der Waals surface area contributed by atoms with Crippen molar-refractivity contribution in [3.63, 3.8) is 0 Å². The molecule has 37 heavy (non-hydrogen) atoms. The summed E-state index contributed by atoms with van der Waals surface area (Å²) in [5.74, 6) is 0. The Bertz CT molecular complexity index is 1520. The summed E-state index contributed by atoms with van der Waals surface area (Å²) >= 11 is 0. The summed E-state index contributed by atoms with van der Waals surface area (Å²) in [7, 11) is -3.93. The Hall–Kier alpha value is -3.94.